The van der Waals surface area contributed by atoms with Crippen molar-refractivity contribution in [2.75, 3.05) is 24.7 Å². The maximum Gasteiger partial charge on any atom is 0.312 e. The van der Waals surface area contributed by atoms with Crippen LogP contribution in [0.3, 0.4) is 0 Å². The second-order valence-corrected chi connectivity index (χ2v) is 10.3. The second-order valence-electron chi connectivity index (χ2n) is 9.92. The number of esters is 1. The number of carbonyl (C=O) groups excluding carboxylic acids is 3. The summed E-state index contributed by atoms with van der Waals surface area (Å²) >= 11 is 6.45. The number of fused-ring (bicyclic) bond motifs is 1. The van der Waals surface area contributed by atoms with Crippen molar-refractivity contribution in [2.45, 2.75) is 57.4 Å². The molecule has 3 fully saturated rings. The summed E-state index contributed by atoms with van der Waals surface area (Å²) in [5.74, 6) is -3.11. The van der Waals surface area contributed by atoms with E-state index < -0.39 is 47.0 Å². The van der Waals surface area contributed by atoms with Crippen LogP contribution in [0, 0.1) is 17.8 Å². The number of carbonyl (C=O) groups is 3. The minimum absolute atomic E-state index is 0.103. The molecule has 0 aliphatic carbocycles. The summed E-state index contributed by atoms with van der Waals surface area (Å²) in [7, 11) is 0. The Balaban J connectivity index is 1.87. The zero-order chi connectivity index (χ0) is 25.7. The van der Waals surface area contributed by atoms with Gasteiger partial charge in [0.1, 0.15) is 17.6 Å². The molecule has 7 atom stereocenters. The Morgan fingerprint density at radius 1 is 1.43 bits per heavy atom. The van der Waals surface area contributed by atoms with Gasteiger partial charge in [-0.05, 0) is 45.2 Å². The number of halogens is 1. The summed E-state index contributed by atoms with van der Waals surface area (Å²) in [5.41, 5.74) is -1.70. The molecule has 3 saturated heterocycles. The lowest BCUT2D eigenvalue weighted by Gasteiger charge is -2.38. The van der Waals surface area contributed by atoms with Crippen LogP contribution >= 0.6 is 11.6 Å². The van der Waals surface area contributed by atoms with E-state index in [1.54, 1.807) is 44.2 Å². The molecule has 3 aliphatic rings. The molecule has 1 N–H and O–H groups in total. The number of benzene rings is 1. The molecular formula is C26H33ClN2O6. The lowest BCUT2D eigenvalue weighted by Crippen LogP contribution is -2.58. The van der Waals surface area contributed by atoms with E-state index in [4.69, 9.17) is 21.1 Å². The van der Waals surface area contributed by atoms with Crippen LogP contribution < -0.4 is 4.90 Å². The third-order valence-corrected chi connectivity index (χ3v) is 8.31. The molecule has 190 valence electrons. The first-order valence-electron chi connectivity index (χ1n) is 12.1. The van der Waals surface area contributed by atoms with Gasteiger partial charge in [0.05, 0.1) is 41.5 Å². The Kier molecular flexibility index (Phi) is 6.76. The summed E-state index contributed by atoms with van der Waals surface area (Å²) in [6.07, 6.45) is 2.01. The molecule has 1 spiro atoms. The summed E-state index contributed by atoms with van der Waals surface area (Å²) < 4.78 is 12.0. The summed E-state index contributed by atoms with van der Waals surface area (Å²) in [6.45, 7) is 11.0. The average Bonchev–Trinajstić information content (AvgIpc) is 3.34. The van der Waals surface area contributed by atoms with Crippen LogP contribution in [0.25, 0.3) is 0 Å². The van der Waals surface area contributed by atoms with Gasteiger partial charge in [0, 0.05) is 6.54 Å². The second kappa shape index (κ2) is 9.22. The molecule has 8 nitrogen and oxygen atoms in total. The van der Waals surface area contributed by atoms with Crippen LogP contribution in [-0.4, -0.2) is 70.8 Å². The first kappa shape index (κ1) is 25.7. The number of aliphatic hydroxyl groups excluding tert-OH is 1. The van der Waals surface area contributed by atoms with Crippen molar-refractivity contribution in [1.29, 1.82) is 0 Å². The monoisotopic (exact) mass is 504 g/mol. The Morgan fingerprint density at radius 2 is 2.11 bits per heavy atom. The first-order valence-corrected chi connectivity index (χ1v) is 12.4. The van der Waals surface area contributed by atoms with Gasteiger partial charge < -0.3 is 24.4 Å². The fraction of sp³-hybridized carbons (Fsp3) is 0.577. The van der Waals surface area contributed by atoms with Crippen molar-refractivity contribution in [1.82, 2.24) is 4.90 Å². The number of amides is 2. The van der Waals surface area contributed by atoms with E-state index in [1.807, 2.05) is 13.8 Å². The highest BCUT2D eigenvalue weighted by atomic mass is 35.5. The number of ether oxygens (including phenoxy) is 2. The molecule has 3 unspecified atom stereocenters. The van der Waals surface area contributed by atoms with E-state index in [0.29, 0.717) is 17.1 Å². The SMILES string of the molecule is C=CCN(C(=O)C1N([C@H](C)CO)C(=O)[C@@H]2[C@@H](C(=O)OCC)[C@]3(C)OC12CC3C)c1ccccc1Cl. The Hall–Kier alpha value is -2.42. The summed E-state index contributed by atoms with van der Waals surface area (Å²) in [6, 6.07) is 5.24. The van der Waals surface area contributed by atoms with Crippen molar-refractivity contribution in [2.24, 2.45) is 17.8 Å². The van der Waals surface area contributed by atoms with Crippen LogP contribution in [-0.2, 0) is 23.9 Å². The van der Waals surface area contributed by atoms with Gasteiger partial charge in [0.25, 0.3) is 5.91 Å². The third kappa shape index (κ3) is 3.60. The third-order valence-electron chi connectivity index (χ3n) is 7.99. The van der Waals surface area contributed by atoms with Crippen molar-refractivity contribution >= 4 is 35.1 Å². The minimum atomic E-state index is -1.23. The van der Waals surface area contributed by atoms with Gasteiger partial charge in [-0.25, -0.2) is 0 Å². The summed E-state index contributed by atoms with van der Waals surface area (Å²) in [4.78, 5) is 44.3. The molecule has 0 radical (unpaired) electrons. The predicted molar refractivity (Wildman–Crippen MR) is 131 cm³/mol. The number of likely N-dealkylation sites (tertiary alicyclic amines) is 1. The quantitative estimate of drug-likeness (QED) is 0.432. The lowest BCUT2D eigenvalue weighted by molar-refractivity contribution is -0.161. The van der Waals surface area contributed by atoms with Gasteiger partial charge in [-0.3, -0.25) is 14.4 Å². The molecule has 1 aromatic carbocycles. The topological polar surface area (TPSA) is 96.4 Å². The molecule has 1 aromatic rings. The molecule has 4 rings (SSSR count). The Bertz CT molecular complexity index is 1050. The van der Waals surface area contributed by atoms with Crippen LogP contribution in [0.4, 0.5) is 5.69 Å². The molecule has 35 heavy (non-hydrogen) atoms. The molecule has 2 bridgehead atoms. The van der Waals surface area contributed by atoms with Crippen molar-refractivity contribution in [3.63, 3.8) is 0 Å². The van der Waals surface area contributed by atoms with Gasteiger partial charge in [0.2, 0.25) is 5.91 Å². The minimum Gasteiger partial charge on any atom is -0.466 e. The van der Waals surface area contributed by atoms with Crippen LogP contribution in [0.1, 0.15) is 34.1 Å². The molecule has 9 heteroatoms. The number of para-hydroxylation sites is 1. The fourth-order valence-corrected chi connectivity index (χ4v) is 6.60. The van der Waals surface area contributed by atoms with Gasteiger partial charge in [-0.1, -0.05) is 36.7 Å². The van der Waals surface area contributed by atoms with Crippen LogP contribution in [0.5, 0.6) is 0 Å². The highest BCUT2D eigenvalue weighted by molar-refractivity contribution is 6.34. The van der Waals surface area contributed by atoms with Gasteiger partial charge in [0.15, 0.2) is 0 Å². The maximum absolute atomic E-state index is 14.4. The van der Waals surface area contributed by atoms with Crippen LogP contribution in [0.2, 0.25) is 5.02 Å². The molecule has 0 saturated carbocycles. The zero-order valence-corrected chi connectivity index (χ0v) is 21.3. The lowest BCUT2D eigenvalue weighted by atomic mass is 9.62. The highest BCUT2D eigenvalue weighted by Crippen LogP contribution is 2.65. The number of nitrogens with zero attached hydrogens (tertiary/aromatic N) is 2. The van der Waals surface area contributed by atoms with E-state index in [2.05, 4.69) is 6.58 Å². The fourth-order valence-electron chi connectivity index (χ4n) is 6.36. The van der Waals surface area contributed by atoms with E-state index in [1.165, 1.54) is 9.80 Å². The summed E-state index contributed by atoms with van der Waals surface area (Å²) in [5, 5.41) is 10.4. The molecule has 2 amide bonds. The zero-order valence-electron chi connectivity index (χ0n) is 20.6. The number of aliphatic hydroxyl groups is 1. The smallest absolute Gasteiger partial charge is 0.312 e. The number of anilines is 1. The largest absolute Gasteiger partial charge is 0.466 e. The number of rotatable bonds is 8. The van der Waals surface area contributed by atoms with E-state index in [-0.39, 0.29) is 31.6 Å². The van der Waals surface area contributed by atoms with Gasteiger partial charge in [-0.15, -0.1) is 6.58 Å². The predicted octanol–water partition coefficient (Wildman–Crippen LogP) is 2.81. The van der Waals surface area contributed by atoms with E-state index >= 15 is 0 Å². The molecular weight excluding hydrogens is 472 g/mol. The van der Waals surface area contributed by atoms with Crippen molar-refractivity contribution in [3.8, 4) is 0 Å². The number of hydrogen-bond acceptors (Lipinski definition) is 6. The number of hydrogen-bond donors (Lipinski definition) is 1. The average molecular weight is 505 g/mol. The Morgan fingerprint density at radius 3 is 2.71 bits per heavy atom. The molecule has 3 heterocycles. The maximum atomic E-state index is 14.4. The molecule has 3 aliphatic heterocycles. The van der Waals surface area contributed by atoms with Crippen molar-refractivity contribution in [3.05, 3.63) is 41.9 Å². The Labute approximate surface area is 210 Å². The van der Waals surface area contributed by atoms with Crippen molar-refractivity contribution < 1.29 is 29.0 Å². The highest BCUT2D eigenvalue weighted by Gasteiger charge is 2.80. The molecule has 0 aromatic heterocycles. The van der Waals surface area contributed by atoms with E-state index in [9.17, 15) is 19.5 Å². The standard InChI is InChI=1S/C26H33ClN2O6/c1-6-12-28(18-11-9-8-10-17(18)27)23(32)21-26-13-15(3)25(5,35-26)20(24(33)34-7-2)19(26)22(31)29(21)16(4)14-30/h6,8-11,15-16,19-21,30H,1,7,12-14H2,2-5H3/t15?,16-,19+,20+,21?,25-,26?/m1/s1. The van der Waals surface area contributed by atoms with Crippen LogP contribution in [0.15, 0.2) is 36.9 Å². The van der Waals surface area contributed by atoms with E-state index in [0.717, 1.165) is 0 Å². The van der Waals surface area contributed by atoms with Gasteiger partial charge in [-0.2, -0.15) is 0 Å². The first-order chi connectivity index (χ1) is 16.6. The van der Waals surface area contributed by atoms with Gasteiger partial charge >= 0.3 is 5.97 Å². The normalized spacial score (nSPS) is 34.0.